The fraction of sp³-hybridized carbons (Fsp3) is 0.727. The standard InChI is InChI=1S/C11H21NO2/c1-7-8(2)9(3)12-10(13)14-11(4,5)6/h9H,2,7H2,1,3-6H3,(H,12,13)/t9-/m0/s1. The Bertz CT molecular complexity index is 216. The molecule has 0 rings (SSSR count). The molecule has 0 unspecified atom stereocenters. The summed E-state index contributed by atoms with van der Waals surface area (Å²) in [7, 11) is 0. The van der Waals surface area contributed by atoms with E-state index in [0.717, 1.165) is 12.0 Å². The van der Waals surface area contributed by atoms with E-state index < -0.39 is 5.60 Å². The lowest BCUT2D eigenvalue weighted by atomic mass is 10.1. The molecule has 0 saturated carbocycles. The normalized spacial score (nSPS) is 13.2. The van der Waals surface area contributed by atoms with E-state index >= 15 is 0 Å². The van der Waals surface area contributed by atoms with Gasteiger partial charge in [0, 0.05) is 0 Å². The number of hydrogen-bond donors (Lipinski definition) is 1. The van der Waals surface area contributed by atoms with Gasteiger partial charge in [-0.05, 0) is 34.1 Å². The van der Waals surface area contributed by atoms with Crippen LogP contribution >= 0.6 is 0 Å². The molecule has 0 aliphatic carbocycles. The highest BCUT2D eigenvalue weighted by Crippen LogP contribution is 2.08. The highest BCUT2D eigenvalue weighted by atomic mass is 16.6. The Balaban J connectivity index is 4.01. The smallest absolute Gasteiger partial charge is 0.408 e. The lowest BCUT2D eigenvalue weighted by molar-refractivity contribution is 0.0515. The average molecular weight is 199 g/mol. The van der Waals surface area contributed by atoms with Gasteiger partial charge in [0.25, 0.3) is 0 Å². The summed E-state index contributed by atoms with van der Waals surface area (Å²) >= 11 is 0. The van der Waals surface area contributed by atoms with Crippen LogP contribution in [0.3, 0.4) is 0 Å². The molecule has 1 N–H and O–H groups in total. The Morgan fingerprint density at radius 1 is 1.50 bits per heavy atom. The number of carbonyl (C=O) groups is 1. The molecule has 1 atom stereocenters. The second-order valence-corrected chi connectivity index (χ2v) is 4.38. The number of carbonyl (C=O) groups excluding carboxylic acids is 1. The molecule has 0 aliphatic rings. The van der Waals surface area contributed by atoms with E-state index in [2.05, 4.69) is 11.9 Å². The Hall–Kier alpha value is -0.990. The van der Waals surface area contributed by atoms with Crippen LogP contribution in [0, 0.1) is 0 Å². The molecule has 1 amide bonds. The summed E-state index contributed by atoms with van der Waals surface area (Å²) in [5, 5.41) is 2.73. The third-order valence-corrected chi connectivity index (χ3v) is 1.80. The van der Waals surface area contributed by atoms with E-state index in [4.69, 9.17) is 4.74 Å². The first kappa shape index (κ1) is 13.0. The predicted molar refractivity (Wildman–Crippen MR) is 58.3 cm³/mol. The molecule has 0 aliphatic heterocycles. The van der Waals surface area contributed by atoms with Crippen LogP contribution in [0.15, 0.2) is 12.2 Å². The summed E-state index contributed by atoms with van der Waals surface area (Å²) in [6.45, 7) is 13.3. The molecule has 3 nitrogen and oxygen atoms in total. The molecule has 0 fully saturated rings. The lowest BCUT2D eigenvalue weighted by Crippen LogP contribution is -2.38. The topological polar surface area (TPSA) is 38.3 Å². The van der Waals surface area contributed by atoms with Gasteiger partial charge in [0.1, 0.15) is 5.60 Å². The molecular formula is C11H21NO2. The molecule has 0 spiro atoms. The van der Waals surface area contributed by atoms with E-state index in [0.29, 0.717) is 0 Å². The number of rotatable bonds is 3. The van der Waals surface area contributed by atoms with Gasteiger partial charge in [-0.3, -0.25) is 0 Å². The Labute approximate surface area is 86.5 Å². The van der Waals surface area contributed by atoms with E-state index in [1.165, 1.54) is 0 Å². The fourth-order valence-corrected chi connectivity index (χ4v) is 0.893. The van der Waals surface area contributed by atoms with Crippen LogP contribution in [0.1, 0.15) is 41.0 Å². The molecule has 0 aromatic carbocycles. The van der Waals surface area contributed by atoms with Crippen molar-refractivity contribution in [2.45, 2.75) is 52.7 Å². The minimum absolute atomic E-state index is 0.0325. The molecule has 0 radical (unpaired) electrons. The van der Waals surface area contributed by atoms with Gasteiger partial charge in [0.15, 0.2) is 0 Å². The summed E-state index contributed by atoms with van der Waals surface area (Å²) in [4.78, 5) is 11.3. The van der Waals surface area contributed by atoms with Gasteiger partial charge in [0.2, 0.25) is 0 Å². The summed E-state index contributed by atoms with van der Waals surface area (Å²) in [6, 6.07) is -0.0325. The van der Waals surface area contributed by atoms with Crippen LogP contribution in [0.4, 0.5) is 4.79 Å². The molecule has 0 bridgehead atoms. The Kier molecular flexibility index (Phi) is 4.68. The molecule has 0 heterocycles. The summed E-state index contributed by atoms with van der Waals surface area (Å²) in [5.41, 5.74) is 0.549. The molecule has 0 aromatic rings. The number of ether oxygens (including phenoxy) is 1. The van der Waals surface area contributed by atoms with Crippen molar-refractivity contribution in [1.82, 2.24) is 5.32 Å². The number of hydrogen-bond acceptors (Lipinski definition) is 2. The van der Waals surface area contributed by atoms with Gasteiger partial charge >= 0.3 is 6.09 Å². The van der Waals surface area contributed by atoms with Crippen molar-refractivity contribution >= 4 is 6.09 Å². The zero-order valence-corrected chi connectivity index (χ0v) is 9.81. The van der Waals surface area contributed by atoms with E-state index in [-0.39, 0.29) is 12.1 Å². The van der Waals surface area contributed by atoms with Crippen LogP contribution in [-0.2, 0) is 4.74 Å². The highest BCUT2D eigenvalue weighted by Gasteiger charge is 2.17. The third-order valence-electron chi connectivity index (χ3n) is 1.80. The van der Waals surface area contributed by atoms with Crippen molar-refractivity contribution in [3.8, 4) is 0 Å². The second kappa shape index (κ2) is 5.03. The Morgan fingerprint density at radius 2 is 2.00 bits per heavy atom. The van der Waals surface area contributed by atoms with Gasteiger partial charge in [0.05, 0.1) is 6.04 Å². The zero-order chi connectivity index (χ0) is 11.4. The largest absolute Gasteiger partial charge is 0.444 e. The zero-order valence-electron chi connectivity index (χ0n) is 9.81. The van der Waals surface area contributed by atoms with Crippen LogP contribution in [0.5, 0.6) is 0 Å². The second-order valence-electron chi connectivity index (χ2n) is 4.38. The first-order chi connectivity index (χ1) is 6.26. The van der Waals surface area contributed by atoms with E-state index in [1.54, 1.807) is 0 Å². The lowest BCUT2D eigenvalue weighted by Gasteiger charge is -2.22. The SMILES string of the molecule is C=C(CC)[C@H](C)NC(=O)OC(C)(C)C. The van der Waals surface area contributed by atoms with Gasteiger partial charge in [-0.25, -0.2) is 4.79 Å². The van der Waals surface area contributed by atoms with Gasteiger partial charge in [-0.1, -0.05) is 19.1 Å². The maximum Gasteiger partial charge on any atom is 0.408 e. The molecule has 0 aromatic heterocycles. The molecule has 0 saturated heterocycles. The minimum atomic E-state index is -0.447. The van der Waals surface area contributed by atoms with Crippen molar-refractivity contribution in [3.05, 3.63) is 12.2 Å². The number of alkyl carbamates (subject to hydrolysis) is 1. The van der Waals surface area contributed by atoms with Crippen molar-refractivity contribution in [2.24, 2.45) is 0 Å². The van der Waals surface area contributed by atoms with Crippen LogP contribution in [0.25, 0.3) is 0 Å². The Morgan fingerprint density at radius 3 is 2.36 bits per heavy atom. The van der Waals surface area contributed by atoms with Crippen LogP contribution in [-0.4, -0.2) is 17.7 Å². The van der Waals surface area contributed by atoms with Crippen LogP contribution in [0.2, 0.25) is 0 Å². The predicted octanol–water partition coefficient (Wildman–Crippen LogP) is 2.87. The first-order valence-electron chi connectivity index (χ1n) is 4.93. The monoisotopic (exact) mass is 199 g/mol. The first-order valence-corrected chi connectivity index (χ1v) is 4.93. The summed E-state index contributed by atoms with van der Waals surface area (Å²) < 4.78 is 5.11. The quantitative estimate of drug-likeness (QED) is 0.710. The number of nitrogens with one attached hydrogen (secondary N) is 1. The molecule has 14 heavy (non-hydrogen) atoms. The molecular weight excluding hydrogens is 178 g/mol. The maximum absolute atomic E-state index is 11.3. The third kappa shape index (κ3) is 5.62. The molecule has 82 valence electrons. The van der Waals surface area contributed by atoms with Crippen LogP contribution < -0.4 is 5.32 Å². The summed E-state index contributed by atoms with van der Waals surface area (Å²) in [5.74, 6) is 0. The van der Waals surface area contributed by atoms with Gasteiger partial charge < -0.3 is 10.1 Å². The van der Waals surface area contributed by atoms with Crippen molar-refractivity contribution in [1.29, 1.82) is 0 Å². The van der Waals surface area contributed by atoms with Crippen molar-refractivity contribution in [3.63, 3.8) is 0 Å². The fourth-order valence-electron chi connectivity index (χ4n) is 0.893. The minimum Gasteiger partial charge on any atom is -0.444 e. The summed E-state index contributed by atoms with van der Waals surface area (Å²) in [6.07, 6.45) is 0.469. The maximum atomic E-state index is 11.3. The van der Waals surface area contributed by atoms with E-state index in [1.807, 2.05) is 34.6 Å². The molecule has 3 heteroatoms. The van der Waals surface area contributed by atoms with E-state index in [9.17, 15) is 4.79 Å². The van der Waals surface area contributed by atoms with Gasteiger partial charge in [-0.2, -0.15) is 0 Å². The number of amides is 1. The van der Waals surface area contributed by atoms with Gasteiger partial charge in [-0.15, -0.1) is 0 Å². The highest BCUT2D eigenvalue weighted by molar-refractivity contribution is 5.68. The van der Waals surface area contributed by atoms with Crippen molar-refractivity contribution < 1.29 is 9.53 Å². The van der Waals surface area contributed by atoms with Crippen molar-refractivity contribution in [2.75, 3.05) is 0 Å². The average Bonchev–Trinajstić information content (AvgIpc) is 1.99.